The van der Waals surface area contributed by atoms with Gasteiger partial charge in [0.15, 0.2) is 9.76 Å². The second-order valence-corrected chi connectivity index (χ2v) is 6.35. The first-order chi connectivity index (χ1) is 6.17. The van der Waals surface area contributed by atoms with Crippen LogP contribution in [0, 0.1) is 0 Å². The molecule has 0 bridgehead atoms. The van der Waals surface area contributed by atoms with E-state index in [1.165, 1.54) is 5.56 Å². The summed E-state index contributed by atoms with van der Waals surface area (Å²) in [6.07, 6.45) is 0. The van der Waals surface area contributed by atoms with Crippen LogP contribution in [0.25, 0.3) is 0 Å². The molecule has 0 amide bonds. The van der Waals surface area contributed by atoms with Gasteiger partial charge in [0.2, 0.25) is 0 Å². The van der Waals surface area contributed by atoms with Crippen molar-refractivity contribution in [2.24, 2.45) is 0 Å². The van der Waals surface area contributed by atoms with E-state index in [-0.39, 0.29) is 5.04 Å². The lowest BCUT2D eigenvalue weighted by molar-refractivity contribution is 0.342. The van der Waals surface area contributed by atoms with Gasteiger partial charge in [-0.25, -0.2) is 0 Å². The van der Waals surface area contributed by atoms with E-state index in [0.717, 1.165) is 6.61 Å². The Hall–Kier alpha value is -0.603. The molecule has 13 heavy (non-hydrogen) atoms. The molecule has 1 aromatic carbocycles. The summed E-state index contributed by atoms with van der Waals surface area (Å²) >= 11 is 0. The van der Waals surface area contributed by atoms with Gasteiger partial charge in [0.05, 0.1) is 0 Å². The Balaban J connectivity index is 2.69. The van der Waals surface area contributed by atoms with Gasteiger partial charge in [-0.1, -0.05) is 44.2 Å². The van der Waals surface area contributed by atoms with Crippen molar-refractivity contribution in [2.75, 3.05) is 6.61 Å². The number of hydrogen-bond donors (Lipinski definition) is 0. The molecule has 72 valence electrons. The highest BCUT2D eigenvalue weighted by atomic mass is 28.2. The van der Waals surface area contributed by atoms with E-state index < -0.39 is 9.76 Å². The van der Waals surface area contributed by atoms with Crippen LogP contribution in [0.4, 0.5) is 0 Å². The van der Waals surface area contributed by atoms with E-state index in [1.54, 1.807) is 0 Å². The zero-order valence-corrected chi connectivity index (χ0v) is 10.1. The molecular weight excluding hydrogens is 176 g/mol. The van der Waals surface area contributed by atoms with E-state index in [2.05, 4.69) is 51.1 Å². The van der Waals surface area contributed by atoms with Gasteiger partial charge < -0.3 is 4.43 Å². The van der Waals surface area contributed by atoms with Gasteiger partial charge >= 0.3 is 0 Å². The van der Waals surface area contributed by atoms with Gasteiger partial charge in [-0.15, -0.1) is 0 Å². The van der Waals surface area contributed by atoms with Gasteiger partial charge in [0.1, 0.15) is 0 Å². The fraction of sp³-hybridized carbons (Fsp3) is 0.455. The lowest BCUT2D eigenvalue weighted by atomic mass is 10.0. The summed E-state index contributed by atoms with van der Waals surface area (Å²) in [6, 6.07) is 10.6. The van der Waals surface area contributed by atoms with Crippen molar-refractivity contribution in [3.63, 3.8) is 0 Å². The minimum atomic E-state index is -0.459. The van der Waals surface area contributed by atoms with Crippen LogP contribution < -0.4 is 0 Å². The van der Waals surface area contributed by atoms with Crippen molar-refractivity contribution in [1.29, 1.82) is 0 Å². The summed E-state index contributed by atoms with van der Waals surface area (Å²) in [5, 5.41) is 0.261. The molecule has 0 fully saturated rings. The molecule has 0 spiro atoms. The molecule has 2 heteroatoms. The molecule has 0 radical (unpaired) electrons. The third-order valence-electron chi connectivity index (χ3n) is 2.22. The van der Waals surface area contributed by atoms with Crippen molar-refractivity contribution in [2.45, 2.75) is 25.8 Å². The lowest BCUT2D eigenvalue weighted by Gasteiger charge is -2.23. The van der Waals surface area contributed by atoms with Gasteiger partial charge in [0.25, 0.3) is 0 Å². The third kappa shape index (κ3) is 2.97. The first-order valence-electron chi connectivity index (χ1n) is 4.80. The topological polar surface area (TPSA) is 9.23 Å². The Labute approximate surface area is 83.1 Å². The summed E-state index contributed by atoms with van der Waals surface area (Å²) in [5.41, 5.74) is 1.40. The predicted molar refractivity (Wildman–Crippen MR) is 59.6 cm³/mol. The zero-order chi connectivity index (χ0) is 9.73. The summed E-state index contributed by atoms with van der Waals surface area (Å²) < 4.78 is 5.59. The van der Waals surface area contributed by atoms with Crippen LogP contribution in [0.1, 0.15) is 26.3 Å². The van der Waals surface area contributed by atoms with Crippen LogP contribution >= 0.6 is 0 Å². The molecule has 0 aliphatic rings. The van der Waals surface area contributed by atoms with Crippen LogP contribution in [0.3, 0.4) is 0 Å². The Kier molecular flexibility index (Phi) is 3.69. The molecule has 0 aliphatic heterocycles. The Bertz CT molecular complexity index is 244. The molecular formula is C11H18OSi. The van der Waals surface area contributed by atoms with E-state index in [0.29, 0.717) is 0 Å². The Morgan fingerprint density at radius 2 is 1.85 bits per heavy atom. The van der Waals surface area contributed by atoms with Gasteiger partial charge in [-0.3, -0.25) is 0 Å². The molecule has 1 rings (SSSR count). The first-order valence-corrected chi connectivity index (χ1v) is 6.08. The van der Waals surface area contributed by atoms with Crippen LogP contribution in [0.15, 0.2) is 30.3 Å². The Morgan fingerprint density at radius 1 is 1.23 bits per heavy atom. The first kappa shape index (κ1) is 10.5. The maximum Gasteiger partial charge on any atom is 0.171 e. The molecule has 0 atom stereocenters. The van der Waals surface area contributed by atoms with Crippen LogP contribution in [-0.2, 0) is 9.46 Å². The van der Waals surface area contributed by atoms with Gasteiger partial charge in [0, 0.05) is 11.6 Å². The summed E-state index contributed by atoms with van der Waals surface area (Å²) in [6.45, 7) is 7.45. The molecule has 0 unspecified atom stereocenters. The normalized spacial score (nSPS) is 12.5. The van der Waals surface area contributed by atoms with Crippen molar-refractivity contribution >= 4 is 9.76 Å². The molecule has 0 heterocycles. The second-order valence-electron chi connectivity index (χ2n) is 3.89. The fourth-order valence-electron chi connectivity index (χ4n) is 1.33. The summed E-state index contributed by atoms with van der Waals surface area (Å²) in [4.78, 5) is 0. The minimum Gasteiger partial charge on any atom is -0.423 e. The number of hydrogen-bond acceptors (Lipinski definition) is 1. The van der Waals surface area contributed by atoms with Crippen LogP contribution in [0.2, 0.25) is 0 Å². The lowest BCUT2D eigenvalue weighted by Crippen LogP contribution is -2.27. The second kappa shape index (κ2) is 4.58. The van der Waals surface area contributed by atoms with Crippen molar-refractivity contribution in [3.8, 4) is 0 Å². The molecule has 0 saturated carbocycles. The van der Waals surface area contributed by atoms with E-state index >= 15 is 0 Å². The van der Waals surface area contributed by atoms with E-state index in [4.69, 9.17) is 4.43 Å². The zero-order valence-electron chi connectivity index (χ0n) is 8.71. The third-order valence-corrected chi connectivity index (χ3v) is 3.96. The minimum absolute atomic E-state index is 0.261. The molecule has 0 aromatic heterocycles. The van der Waals surface area contributed by atoms with Crippen LogP contribution in [0.5, 0.6) is 0 Å². The fourth-order valence-corrected chi connectivity index (χ4v) is 2.45. The maximum absolute atomic E-state index is 5.59. The van der Waals surface area contributed by atoms with Crippen molar-refractivity contribution < 1.29 is 4.43 Å². The van der Waals surface area contributed by atoms with E-state index in [9.17, 15) is 0 Å². The summed E-state index contributed by atoms with van der Waals surface area (Å²) in [5.74, 6) is 0. The summed E-state index contributed by atoms with van der Waals surface area (Å²) in [7, 11) is -0.459. The quantitative estimate of drug-likeness (QED) is 0.667. The smallest absolute Gasteiger partial charge is 0.171 e. The molecule has 0 aliphatic carbocycles. The number of benzene rings is 1. The molecule has 1 aromatic rings. The average Bonchev–Trinajstić information content (AvgIpc) is 2.16. The number of rotatable bonds is 4. The van der Waals surface area contributed by atoms with Gasteiger partial charge in [-0.2, -0.15) is 0 Å². The molecule has 1 nitrogen and oxygen atoms in total. The molecule has 0 N–H and O–H groups in total. The van der Waals surface area contributed by atoms with E-state index in [1.807, 2.05) is 0 Å². The van der Waals surface area contributed by atoms with Gasteiger partial charge in [-0.05, 0) is 12.5 Å². The molecule has 0 saturated heterocycles. The largest absolute Gasteiger partial charge is 0.423 e. The monoisotopic (exact) mass is 194 g/mol. The average molecular weight is 194 g/mol. The highest BCUT2D eigenvalue weighted by Crippen LogP contribution is 2.21. The standard InChI is InChI=1S/C11H18OSi/c1-4-12-13-11(2,3)10-8-6-5-7-9-10/h5-9H,4,13H2,1-3H3. The maximum atomic E-state index is 5.59. The highest BCUT2D eigenvalue weighted by molar-refractivity contribution is 6.32. The van der Waals surface area contributed by atoms with Crippen molar-refractivity contribution in [1.82, 2.24) is 0 Å². The highest BCUT2D eigenvalue weighted by Gasteiger charge is 2.20. The Morgan fingerprint density at radius 3 is 2.38 bits per heavy atom. The predicted octanol–water partition coefficient (Wildman–Crippen LogP) is 2.04. The van der Waals surface area contributed by atoms with Crippen molar-refractivity contribution in [3.05, 3.63) is 35.9 Å². The SMILES string of the molecule is CCO[SiH2]C(C)(C)c1ccccc1. The van der Waals surface area contributed by atoms with Crippen LogP contribution in [-0.4, -0.2) is 16.4 Å².